The molecule has 2 fully saturated rings. The molecule has 2 aliphatic heterocycles. The molecule has 3 rings (SSSR count). The fourth-order valence-electron chi connectivity index (χ4n) is 3.49. The third kappa shape index (κ3) is 4.02. The van der Waals surface area contributed by atoms with Crippen LogP contribution in [0.25, 0.3) is 0 Å². The number of ether oxygens (including phenoxy) is 2. The molecule has 6 heteroatoms. The van der Waals surface area contributed by atoms with Crippen LogP contribution in [0, 0.1) is 5.92 Å². The maximum atomic E-state index is 12.3. The monoisotopic (exact) mass is 347 g/mol. The summed E-state index contributed by atoms with van der Waals surface area (Å²) in [6.07, 6.45) is -0.610. The number of benzene rings is 1. The summed E-state index contributed by atoms with van der Waals surface area (Å²) in [6.45, 7) is 7.80. The lowest BCUT2D eigenvalue weighted by molar-refractivity contribution is -0.195. The van der Waals surface area contributed by atoms with Gasteiger partial charge in [-0.1, -0.05) is 30.3 Å². The summed E-state index contributed by atoms with van der Waals surface area (Å²) < 4.78 is 10.8. The minimum absolute atomic E-state index is 0.102. The quantitative estimate of drug-likeness (QED) is 0.780. The van der Waals surface area contributed by atoms with Gasteiger partial charge in [-0.05, 0) is 33.3 Å². The number of nitrogens with zero attached hydrogens (tertiary/aromatic N) is 1. The van der Waals surface area contributed by atoms with E-state index in [4.69, 9.17) is 14.3 Å². The molecule has 0 bridgehead atoms. The number of esters is 2. The second-order valence-corrected chi connectivity index (χ2v) is 7.66. The lowest BCUT2D eigenvalue weighted by Gasteiger charge is -2.23. The third-order valence-corrected chi connectivity index (χ3v) is 4.43. The molecule has 0 unspecified atom stereocenters. The number of hydrogen-bond acceptors (Lipinski definition) is 6. The lowest BCUT2D eigenvalue weighted by atomic mass is 9.90. The van der Waals surface area contributed by atoms with Gasteiger partial charge >= 0.3 is 11.9 Å². The molecule has 2 heterocycles. The fraction of sp³-hybridized carbons (Fsp3) is 0.579. The highest BCUT2D eigenvalue weighted by atomic mass is 16.7. The van der Waals surface area contributed by atoms with Crippen molar-refractivity contribution in [3.05, 3.63) is 35.9 Å². The Balaban J connectivity index is 1.74. The van der Waals surface area contributed by atoms with E-state index in [1.54, 1.807) is 5.06 Å². The van der Waals surface area contributed by atoms with Gasteiger partial charge in [-0.25, -0.2) is 0 Å². The van der Waals surface area contributed by atoms with E-state index in [1.165, 1.54) is 0 Å². The Morgan fingerprint density at radius 1 is 1.24 bits per heavy atom. The number of fused-ring (bicyclic) bond motifs is 1. The van der Waals surface area contributed by atoms with Gasteiger partial charge in [-0.2, -0.15) is 5.06 Å². The first kappa shape index (κ1) is 17.9. The van der Waals surface area contributed by atoms with Crippen LogP contribution in [0.1, 0.15) is 39.7 Å². The molecule has 1 aromatic carbocycles. The Bertz CT molecular complexity index is 639. The maximum Gasteiger partial charge on any atom is 0.326 e. The molecule has 0 aromatic heterocycles. The minimum atomic E-state index is -0.549. The van der Waals surface area contributed by atoms with Crippen molar-refractivity contribution in [2.45, 2.75) is 64.5 Å². The number of cyclic esters (lactones) is 1. The third-order valence-electron chi connectivity index (χ3n) is 4.43. The van der Waals surface area contributed by atoms with Crippen molar-refractivity contribution in [1.29, 1.82) is 0 Å². The van der Waals surface area contributed by atoms with Crippen LogP contribution in [0.4, 0.5) is 0 Å². The fourth-order valence-corrected chi connectivity index (χ4v) is 3.49. The second-order valence-electron chi connectivity index (χ2n) is 7.66. The molecule has 2 saturated heterocycles. The van der Waals surface area contributed by atoms with E-state index in [2.05, 4.69) is 0 Å². The van der Waals surface area contributed by atoms with Gasteiger partial charge < -0.3 is 9.47 Å². The number of carbonyl (C=O) groups excluding carboxylic acids is 2. The summed E-state index contributed by atoms with van der Waals surface area (Å²) in [5, 5.41) is 1.65. The van der Waals surface area contributed by atoms with E-state index in [1.807, 2.05) is 58.0 Å². The van der Waals surface area contributed by atoms with Gasteiger partial charge in [0.15, 0.2) is 0 Å². The molecule has 0 N–H and O–H groups in total. The zero-order valence-corrected chi connectivity index (χ0v) is 15.1. The number of carbonyl (C=O) groups is 2. The molecule has 6 nitrogen and oxygen atoms in total. The van der Waals surface area contributed by atoms with Gasteiger partial charge in [0.1, 0.15) is 17.7 Å². The first-order valence-electron chi connectivity index (χ1n) is 8.64. The molecule has 0 amide bonds. The highest BCUT2D eigenvalue weighted by molar-refractivity contribution is 5.79. The molecule has 1 aromatic rings. The van der Waals surface area contributed by atoms with Crippen molar-refractivity contribution in [2.24, 2.45) is 5.92 Å². The SMILES string of the molecule is C[C@@H]1OC(=O)[C@@H]2[C@H]1[C@H](CC(=O)OC(C)(C)C)ON2Cc1ccccc1. The van der Waals surface area contributed by atoms with Crippen LogP contribution in [0.3, 0.4) is 0 Å². The zero-order valence-electron chi connectivity index (χ0n) is 15.1. The largest absolute Gasteiger partial charge is 0.461 e. The van der Waals surface area contributed by atoms with Gasteiger partial charge in [0.05, 0.1) is 25.0 Å². The van der Waals surface area contributed by atoms with E-state index >= 15 is 0 Å². The summed E-state index contributed by atoms with van der Waals surface area (Å²) in [5.74, 6) is -0.798. The molecule has 4 atom stereocenters. The van der Waals surface area contributed by atoms with Crippen LogP contribution in [0.15, 0.2) is 30.3 Å². The maximum absolute atomic E-state index is 12.3. The Kier molecular flexibility index (Phi) is 4.84. The highest BCUT2D eigenvalue weighted by Crippen LogP contribution is 2.40. The second kappa shape index (κ2) is 6.77. The van der Waals surface area contributed by atoms with Crippen molar-refractivity contribution >= 4 is 11.9 Å². The molecule has 136 valence electrons. The summed E-state index contributed by atoms with van der Waals surface area (Å²) in [5.41, 5.74) is 0.485. The van der Waals surface area contributed by atoms with Gasteiger partial charge in [0.2, 0.25) is 0 Å². The smallest absolute Gasteiger partial charge is 0.326 e. The van der Waals surface area contributed by atoms with Crippen molar-refractivity contribution in [3.8, 4) is 0 Å². The van der Waals surface area contributed by atoms with Crippen molar-refractivity contribution in [2.75, 3.05) is 0 Å². The van der Waals surface area contributed by atoms with Crippen LogP contribution < -0.4 is 0 Å². The van der Waals surface area contributed by atoms with E-state index in [0.717, 1.165) is 5.56 Å². The predicted octanol–water partition coefficient (Wildman–Crippen LogP) is 2.46. The van der Waals surface area contributed by atoms with Crippen LogP contribution in [0.5, 0.6) is 0 Å². The standard InChI is InChI=1S/C19H25NO5/c1-12-16-14(10-15(21)24-19(2,3)4)25-20(17(16)18(22)23-12)11-13-8-6-5-7-9-13/h5-9,12,14,16-17H,10-11H2,1-4H3/t12-,14-,16+,17-/m0/s1. The van der Waals surface area contributed by atoms with Gasteiger partial charge in [0, 0.05) is 0 Å². The Labute approximate surface area is 148 Å². The topological polar surface area (TPSA) is 65.1 Å². The Morgan fingerprint density at radius 2 is 1.92 bits per heavy atom. The highest BCUT2D eigenvalue weighted by Gasteiger charge is 2.56. The van der Waals surface area contributed by atoms with Crippen LogP contribution in [-0.2, 0) is 30.4 Å². The van der Waals surface area contributed by atoms with E-state index < -0.39 is 17.7 Å². The van der Waals surface area contributed by atoms with Crippen molar-refractivity contribution in [1.82, 2.24) is 5.06 Å². The molecular weight excluding hydrogens is 322 g/mol. The Morgan fingerprint density at radius 3 is 2.56 bits per heavy atom. The van der Waals surface area contributed by atoms with Gasteiger partial charge in [-0.15, -0.1) is 0 Å². The number of hydrogen-bond donors (Lipinski definition) is 0. The molecule has 25 heavy (non-hydrogen) atoms. The van der Waals surface area contributed by atoms with E-state index in [0.29, 0.717) is 6.54 Å². The Hall–Kier alpha value is -1.92. The van der Waals surface area contributed by atoms with Crippen molar-refractivity contribution < 1.29 is 23.9 Å². The summed E-state index contributed by atoms with van der Waals surface area (Å²) in [4.78, 5) is 30.5. The normalized spacial score (nSPS) is 29.4. The zero-order chi connectivity index (χ0) is 18.2. The molecule has 0 spiro atoms. The minimum Gasteiger partial charge on any atom is -0.461 e. The molecule has 0 radical (unpaired) electrons. The first-order chi connectivity index (χ1) is 11.7. The lowest BCUT2D eigenvalue weighted by Crippen LogP contribution is -2.35. The number of rotatable bonds is 4. The average Bonchev–Trinajstić information content (AvgIpc) is 2.98. The summed E-state index contributed by atoms with van der Waals surface area (Å²) in [6, 6.07) is 9.29. The summed E-state index contributed by atoms with van der Waals surface area (Å²) in [7, 11) is 0. The predicted molar refractivity (Wildman–Crippen MR) is 90.2 cm³/mol. The van der Waals surface area contributed by atoms with E-state index in [-0.39, 0.29) is 30.4 Å². The van der Waals surface area contributed by atoms with Gasteiger partial charge in [-0.3, -0.25) is 14.4 Å². The van der Waals surface area contributed by atoms with E-state index in [9.17, 15) is 9.59 Å². The van der Waals surface area contributed by atoms with Gasteiger partial charge in [0.25, 0.3) is 0 Å². The average molecular weight is 347 g/mol. The van der Waals surface area contributed by atoms with Crippen LogP contribution in [-0.4, -0.2) is 40.9 Å². The summed E-state index contributed by atoms with van der Waals surface area (Å²) >= 11 is 0. The van der Waals surface area contributed by atoms with Crippen LogP contribution in [0.2, 0.25) is 0 Å². The molecule has 0 aliphatic carbocycles. The number of hydroxylamine groups is 2. The molecule has 2 aliphatic rings. The first-order valence-corrected chi connectivity index (χ1v) is 8.64. The van der Waals surface area contributed by atoms with Crippen molar-refractivity contribution in [3.63, 3.8) is 0 Å². The molecule has 0 saturated carbocycles. The van der Waals surface area contributed by atoms with Crippen LogP contribution >= 0.6 is 0 Å². The molecular formula is C19H25NO5.